The molecule has 0 saturated carbocycles. The van der Waals surface area contributed by atoms with Crippen molar-refractivity contribution in [2.24, 2.45) is 0 Å². The van der Waals surface area contributed by atoms with E-state index >= 15 is 0 Å². The van der Waals surface area contributed by atoms with Crippen LogP contribution in [0.2, 0.25) is 0 Å². The van der Waals surface area contributed by atoms with E-state index in [1.54, 1.807) is 13.1 Å². The minimum Gasteiger partial charge on any atom is -0.147 e. The van der Waals surface area contributed by atoms with Gasteiger partial charge in [-0.2, -0.15) is 0 Å². The van der Waals surface area contributed by atoms with Crippen LogP contribution in [0.3, 0.4) is 0 Å². The molecule has 2 aliphatic rings. The summed E-state index contributed by atoms with van der Waals surface area (Å²) in [6.45, 7) is 7.14. The van der Waals surface area contributed by atoms with Crippen LogP contribution in [0.5, 0.6) is 0 Å². The number of allylic oxidation sites excluding steroid dienone is 8. The molecule has 40 heavy (non-hydrogen) atoms. The third-order valence-electron chi connectivity index (χ3n) is 8.91. The second-order valence-corrected chi connectivity index (χ2v) is 32.3. The van der Waals surface area contributed by atoms with Gasteiger partial charge in [-0.3, -0.25) is 0 Å². The molecule has 0 N–H and O–H groups in total. The zero-order valence-corrected chi connectivity index (χ0v) is 28.6. The molecular weight excluding hydrogens is 623 g/mol. The average Bonchev–Trinajstić information content (AvgIpc) is 3.58. The van der Waals surface area contributed by atoms with Crippen molar-refractivity contribution < 1.29 is 17.4 Å². The molecule has 202 valence electrons. The van der Waals surface area contributed by atoms with Crippen LogP contribution < -0.4 is 6.54 Å². The van der Waals surface area contributed by atoms with Crippen molar-refractivity contribution in [1.82, 2.24) is 0 Å². The monoisotopic (exact) mass is 656 g/mol. The summed E-state index contributed by atoms with van der Waals surface area (Å²) in [7, 11) is 0. The molecule has 0 bridgehead atoms. The molecule has 0 amide bonds. The minimum absolute atomic E-state index is 0. The molecule has 0 fully saturated rings. The molecule has 0 aliphatic heterocycles. The van der Waals surface area contributed by atoms with Crippen molar-refractivity contribution in [2.75, 3.05) is 0 Å². The fraction of sp³-hybridized carbons (Fsp3) is 0.111. The van der Waals surface area contributed by atoms with Crippen LogP contribution in [-0.2, 0) is 17.4 Å². The molecule has 0 saturated heterocycles. The van der Waals surface area contributed by atoms with Crippen LogP contribution >= 0.6 is 24.8 Å². The second kappa shape index (κ2) is 12.2. The van der Waals surface area contributed by atoms with Crippen molar-refractivity contribution in [3.05, 3.63) is 162 Å². The summed E-state index contributed by atoms with van der Waals surface area (Å²) >= 11 is -4.32. The maximum absolute atomic E-state index is 4.32. The number of hydrogen-bond acceptors (Lipinski definition) is 0. The molecule has 0 radical (unpaired) electrons. The van der Waals surface area contributed by atoms with Gasteiger partial charge in [0.25, 0.3) is 0 Å². The Kier molecular flexibility index (Phi) is 9.28. The number of benzene rings is 4. The molecule has 0 spiro atoms. The third kappa shape index (κ3) is 4.84. The first-order chi connectivity index (χ1) is 18.5. The van der Waals surface area contributed by atoms with E-state index in [1.165, 1.54) is 33.4 Å². The predicted octanol–water partition coefficient (Wildman–Crippen LogP) is 8.24. The largest absolute Gasteiger partial charge is 0.147 e. The fourth-order valence-electron chi connectivity index (χ4n) is 7.05. The van der Waals surface area contributed by atoms with Crippen LogP contribution in [-0.4, -0.2) is 6.88 Å². The van der Waals surface area contributed by atoms with E-state index in [0.29, 0.717) is 0 Å². The SMILES string of the molecule is CC1=[C]([Zr](=[SiH2])([C]2=C(C)C=C(c3ccccc3)C2)([c]2ccccc2)[c]2ccccc2)CC(c2ccccc2)=C1.Cl.Cl. The average molecular weight is 659 g/mol. The Bertz CT molecular complexity index is 1570. The molecule has 4 heteroatoms. The van der Waals surface area contributed by atoms with Gasteiger partial charge in [-0.15, -0.1) is 24.8 Å². The summed E-state index contributed by atoms with van der Waals surface area (Å²) < 4.78 is 6.48. The van der Waals surface area contributed by atoms with E-state index in [1.807, 2.05) is 0 Å². The zero-order chi connectivity index (χ0) is 26.2. The van der Waals surface area contributed by atoms with Gasteiger partial charge < -0.3 is 0 Å². The fourth-order valence-corrected chi connectivity index (χ4v) is 31.8. The van der Waals surface area contributed by atoms with Crippen molar-refractivity contribution >= 4 is 49.4 Å². The van der Waals surface area contributed by atoms with Gasteiger partial charge in [0.15, 0.2) is 0 Å². The third-order valence-corrected chi connectivity index (χ3v) is 36.1. The maximum atomic E-state index is 2.48. The molecular formula is C36H36Cl2SiZr. The first-order valence-corrected chi connectivity index (χ1v) is 24.4. The quantitative estimate of drug-likeness (QED) is 0.183. The summed E-state index contributed by atoms with van der Waals surface area (Å²) in [6, 6.07) is 45.1. The second-order valence-electron chi connectivity index (χ2n) is 10.9. The zero-order valence-electron chi connectivity index (χ0n) is 23.1. The van der Waals surface area contributed by atoms with Gasteiger partial charge in [0.2, 0.25) is 0 Å². The Morgan fingerprint density at radius 3 is 1.10 bits per heavy atom. The number of halogens is 2. The smallest absolute Gasteiger partial charge is 0.147 e. The van der Waals surface area contributed by atoms with E-state index < -0.39 is 17.4 Å². The van der Waals surface area contributed by atoms with Crippen LogP contribution in [0.25, 0.3) is 11.1 Å². The molecule has 0 aromatic heterocycles. The van der Waals surface area contributed by atoms with Crippen LogP contribution in [0, 0.1) is 0 Å². The molecule has 2 aliphatic carbocycles. The van der Waals surface area contributed by atoms with E-state index in [0.717, 1.165) is 12.8 Å². The van der Waals surface area contributed by atoms with E-state index in [9.17, 15) is 0 Å². The van der Waals surface area contributed by atoms with Crippen LogP contribution in [0.1, 0.15) is 37.8 Å². The van der Waals surface area contributed by atoms with Gasteiger partial charge in [-0.1, -0.05) is 0 Å². The Morgan fingerprint density at radius 2 is 0.775 bits per heavy atom. The number of rotatable bonds is 6. The Morgan fingerprint density at radius 1 is 0.475 bits per heavy atom. The topological polar surface area (TPSA) is 0 Å². The Labute approximate surface area is 253 Å². The van der Waals surface area contributed by atoms with Crippen LogP contribution in [0.15, 0.2) is 151 Å². The normalized spacial score (nSPS) is 15.3. The van der Waals surface area contributed by atoms with Crippen molar-refractivity contribution in [2.45, 2.75) is 26.7 Å². The summed E-state index contributed by atoms with van der Waals surface area (Å²) in [5.74, 6) is 0. The van der Waals surface area contributed by atoms with Gasteiger partial charge in [0.1, 0.15) is 0 Å². The summed E-state index contributed by atoms with van der Waals surface area (Å²) in [5, 5.41) is 0. The summed E-state index contributed by atoms with van der Waals surface area (Å²) in [5.41, 5.74) is 8.51. The van der Waals surface area contributed by atoms with Gasteiger partial charge in [-0.05, 0) is 0 Å². The van der Waals surface area contributed by atoms with Gasteiger partial charge >= 0.3 is 231 Å². The van der Waals surface area contributed by atoms with Gasteiger partial charge in [-0.25, -0.2) is 0 Å². The molecule has 0 heterocycles. The van der Waals surface area contributed by atoms with E-state index in [-0.39, 0.29) is 24.8 Å². The maximum Gasteiger partial charge on any atom is -0.147 e. The van der Waals surface area contributed by atoms with E-state index in [4.69, 9.17) is 0 Å². The van der Waals surface area contributed by atoms with E-state index in [2.05, 4.69) is 154 Å². The predicted molar refractivity (Wildman–Crippen MR) is 179 cm³/mol. The first kappa shape index (κ1) is 30.5. The van der Waals surface area contributed by atoms with Crippen molar-refractivity contribution in [3.63, 3.8) is 0 Å². The molecule has 4 aromatic carbocycles. The molecule has 0 nitrogen and oxygen atoms in total. The standard InChI is InChI=1S/2C12H11.2C6H5.2ClH.H2Si.Zr/c2*1-10-7-8-12(9-10)11-5-3-2-4-6-11;2*1-2-4-6-5-3-1;;;;/h2*2-6,9H,8H2,1H3;2*1-5H;2*1H;1H2;. The van der Waals surface area contributed by atoms with Gasteiger partial charge in [0.05, 0.1) is 0 Å². The Balaban J connectivity index is 0.00000185. The first-order valence-electron chi connectivity index (χ1n) is 13.6. The van der Waals surface area contributed by atoms with Gasteiger partial charge in [0, 0.05) is 0 Å². The summed E-state index contributed by atoms with van der Waals surface area (Å²) in [6.07, 6.45) is 7.00. The number of hydrogen-bond donors (Lipinski definition) is 0. The minimum atomic E-state index is -4.32. The van der Waals surface area contributed by atoms with Crippen LogP contribution in [0.4, 0.5) is 0 Å². The molecule has 6 rings (SSSR count). The Hall–Kier alpha value is -2.48. The summed E-state index contributed by atoms with van der Waals surface area (Å²) in [4.78, 5) is 0. The van der Waals surface area contributed by atoms with Crippen molar-refractivity contribution in [3.8, 4) is 0 Å². The molecule has 0 unspecified atom stereocenters. The molecule has 0 atom stereocenters. The van der Waals surface area contributed by atoms with Crippen molar-refractivity contribution in [1.29, 1.82) is 0 Å². The molecule has 4 aromatic rings.